The molecule has 0 bridgehead atoms. The topological polar surface area (TPSA) is 95.6 Å². The standard InChI is InChI=1S/C15H21N3O4S/c1-3-18(4-2)23(21,22)12-7-5-11(6-8-12)16-15(20)13-9-10-14(19)17-13/h5-8,13H,3-4,9-10H2,1-2H3,(H,16,20)(H,17,19)/t13-/m1/s1. The first-order chi connectivity index (χ1) is 10.9. The molecule has 0 aromatic heterocycles. The van der Waals surface area contributed by atoms with E-state index >= 15 is 0 Å². The number of benzene rings is 1. The molecule has 0 saturated carbocycles. The molecule has 2 N–H and O–H groups in total. The summed E-state index contributed by atoms with van der Waals surface area (Å²) in [4.78, 5) is 23.3. The van der Waals surface area contributed by atoms with Crippen LogP contribution < -0.4 is 10.6 Å². The van der Waals surface area contributed by atoms with Gasteiger partial charge in [-0.2, -0.15) is 4.31 Å². The average Bonchev–Trinajstić information content (AvgIpc) is 2.95. The minimum atomic E-state index is -3.51. The third kappa shape index (κ3) is 3.89. The van der Waals surface area contributed by atoms with Crippen LogP contribution in [0.3, 0.4) is 0 Å². The van der Waals surface area contributed by atoms with Crippen LogP contribution in [0.15, 0.2) is 29.2 Å². The minimum absolute atomic E-state index is 0.134. The van der Waals surface area contributed by atoms with Crippen LogP contribution >= 0.6 is 0 Å². The summed E-state index contributed by atoms with van der Waals surface area (Å²) in [6.07, 6.45) is 0.818. The summed E-state index contributed by atoms with van der Waals surface area (Å²) >= 11 is 0. The van der Waals surface area contributed by atoms with E-state index < -0.39 is 16.1 Å². The van der Waals surface area contributed by atoms with Gasteiger partial charge in [-0.05, 0) is 30.7 Å². The number of sulfonamides is 1. The Balaban J connectivity index is 2.08. The predicted molar refractivity (Wildman–Crippen MR) is 86.3 cm³/mol. The molecule has 1 saturated heterocycles. The van der Waals surface area contributed by atoms with Crippen LogP contribution in [-0.2, 0) is 19.6 Å². The number of amides is 2. The Bertz CT molecular complexity index is 681. The number of rotatable bonds is 6. The second-order valence-electron chi connectivity index (χ2n) is 5.26. The van der Waals surface area contributed by atoms with Crippen LogP contribution in [0.25, 0.3) is 0 Å². The van der Waals surface area contributed by atoms with Gasteiger partial charge in [0.1, 0.15) is 6.04 Å². The van der Waals surface area contributed by atoms with E-state index in [0.717, 1.165) is 0 Å². The lowest BCUT2D eigenvalue weighted by molar-refractivity contribution is -0.122. The lowest BCUT2D eigenvalue weighted by Crippen LogP contribution is -2.37. The van der Waals surface area contributed by atoms with Gasteiger partial charge < -0.3 is 10.6 Å². The van der Waals surface area contributed by atoms with Crippen molar-refractivity contribution in [3.05, 3.63) is 24.3 Å². The molecule has 1 aliphatic rings. The first-order valence-corrected chi connectivity index (χ1v) is 9.03. The van der Waals surface area contributed by atoms with Crippen molar-refractivity contribution in [2.24, 2.45) is 0 Å². The lowest BCUT2D eigenvalue weighted by Gasteiger charge is -2.18. The van der Waals surface area contributed by atoms with Gasteiger partial charge in [-0.15, -0.1) is 0 Å². The highest BCUT2D eigenvalue weighted by molar-refractivity contribution is 7.89. The van der Waals surface area contributed by atoms with E-state index in [1.165, 1.54) is 16.4 Å². The molecule has 1 heterocycles. The number of nitrogens with one attached hydrogen (secondary N) is 2. The molecule has 7 nitrogen and oxygen atoms in total. The molecule has 1 aromatic rings. The van der Waals surface area contributed by atoms with Crippen LogP contribution in [0.1, 0.15) is 26.7 Å². The summed E-state index contributed by atoms with van der Waals surface area (Å²) in [6.45, 7) is 4.37. The van der Waals surface area contributed by atoms with Gasteiger partial charge in [-0.25, -0.2) is 8.42 Å². The van der Waals surface area contributed by atoms with Crippen LogP contribution in [0, 0.1) is 0 Å². The van der Waals surface area contributed by atoms with Crippen molar-refractivity contribution in [2.45, 2.75) is 37.6 Å². The number of anilines is 1. The maximum atomic E-state index is 12.4. The van der Waals surface area contributed by atoms with Crippen LogP contribution in [0.4, 0.5) is 5.69 Å². The molecule has 8 heteroatoms. The highest BCUT2D eigenvalue weighted by Crippen LogP contribution is 2.19. The zero-order valence-electron chi connectivity index (χ0n) is 13.2. The molecule has 2 rings (SSSR count). The molecule has 0 spiro atoms. The molecule has 1 atom stereocenters. The van der Waals surface area contributed by atoms with E-state index in [0.29, 0.717) is 31.6 Å². The zero-order chi connectivity index (χ0) is 17.0. The van der Waals surface area contributed by atoms with Crippen molar-refractivity contribution in [3.8, 4) is 0 Å². The van der Waals surface area contributed by atoms with E-state index in [2.05, 4.69) is 10.6 Å². The molecule has 2 amide bonds. The van der Waals surface area contributed by atoms with Gasteiger partial charge in [0, 0.05) is 25.2 Å². The number of carbonyl (C=O) groups excluding carboxylic acids is 2. The molecule has 0 radical (unpaired) electrons. The molecule has 126 valence electrons. The highest BCUT2D eigenvalue weighted by atomic mass is 32.2. The molecule has 1 fully saturated rings. The highest BCUT2D eigenvalue weighted by Gasteiger charge is 2.27. The molecule has 1 aromatic carbocycles. The monoisotopic (exact) mass is 339 g/mol. The van der Waals surface area contributed by atoms with E-state index in [9.17, 15) is 18.0 Å². The first-order valence-electron chi connectivity index (χ1n) is 7.59. The molecular weight excluding hydrogens is 318 g/mol. The quantitative estimate of drug-likeness (QED) is 0.806. The number of hydrogen-bond acceptors (Lipinski definition) is 4. The third-order valence-electron chi connectivity index (χ3n) is 3.78. The Morgan fingerprint density at radius 3 is 2.35 bits per heavy atom. The van der Waals surface area contributed by atoms with Gasteiger partial charge in [-0.1, -0.05) is 13.8 Å². The fourth-order valence-electron chi connectivity index (χ4n) is 2.46. The molecule has 0 unspecified atom stereocenters. The van der Waals surface area contributed by atoms with Gasteiger partial charge in [0.05, 0.1) is 4.90 Å². The van der Waals surface area contributed by atoms with E-state index in [4.69, 9.17) is 0 Å². The summed E-state index contributed by atoms with van der Waals surface area (Å²) in [6, 6.07) is 5.50. The van der Waals surface area contributed by atoms with Gasteiger partial charge >= 0.3 is 0 Å². The zero-order valence-corrected chi connectivity index (χ0v) is 14.0. The van der Waals surface area contributed by atoms with Gasteiger partial charge in [0.25, 0.3) is 0 Å². The van der Waals surface area contributed by atoms with Crippen LogP contribution in [-0.4, -0.2) is 43.7 Å². The Morgan fingerprint density at radius 2 is 1.87 bits per heavy atom. The molecule has 23 heavy (non-hydrogen) atoms. The fourth-order valence-corrected chi connectivity index (χ4v) is 3.92. The molecule has 1 aliphatic heterocycles. The fraction of sp³-hybridized carbons (Fsp3) is 0.467. The Kier molecular flexibility index (Phi) is 5.38. The largest absolute Gasteiger partial charge is 0.344 e. The third-order valence-corrected chi connectivity index (χ3v) is 5.84. The number of nitrogens with zero attached hydrogens (tertiary/aromatic N) is 1. The van der Waals surface area contributed by atoms with Gasteiger partial charge in [-0.3, -0.25) is 9.59 Å². The van der Waals surface area contributed by atoms with Crippen molar-refractivity contribution in [2.75, 3.05) is 18.4 Å². The summed E-state index contributed by atoms with van der Waals surface area (Å²) in [5.74, 6) is -0.430. The maximum absolute atomic E-state index is 12.4. The summed E-state index contributed by atoms with van der Waals surface area (Å²) in [5, 5.41) is 5.26. The average molecular weight is 339 g/mol. The van der Waals surface area contributed by atoms with Crippen molar-refractivity contribution >= 4 is 27.5 Å². The van der Waals surface area contributed by atoms with Gasteiger partial charge in [0.15, 0.2) is 0 Å². The summed E-state index contributed by atoms with van der Waals surface area (Å²) < 4.78 is 26.1. The Hall–Kier alpha value is -1.93. The van der Waals surface area contributed by atoms with Crippen molar-refractivity contribution < 1.29 is 18.0 Å². The normalized spacial score (nSPS) is 18.0. The van der Waals surface area contributed by atoms with Crippen molar-refractivity contribution in [3.63, 3.8) is 0 Å². The van der Waals surface area contributed by atoms with Crippen molar-refractivity contribution in [1.29, 1.82) is 0 Å². The number of hydrogen-bond donors (Lipinski definition) is 2. The second kappa shape index (κ2) is 7.10. The van der Waals surface area contributed by atoms with E-state index in [1.807, 2.05) is 0 Å². The predicted octanol–water partition coefficient (Wildman–Crippen LogP) is 0.934. The smallest absolute Gasteiger partial charge is 0.246 e. The maximum Gasteiger partial charge on any atom is 0.246 e. The lowest BCUT2D eigenvalue weighted by atomic mass is 10.2. The second-order valence-corrected chi connectivity index (χ2v) is 7.20. The van der Waals surface area contributed by atoms with Crippen LogP contribution in [0.5, 0.6) is 0 Å². The number of carbonyl (C=O) groups is 2. The molecule has 0 aliphatic carbocycles. The first kappa shape index (κ1) is 17.4. The van der Waals surface area contributed by atoms with E-state index in [1.54, 1.807) is 26.0 Å². The van der Waals surface area contributed by atoms with E-state index in [-0.39, 0.29) is 16.7 Å². The summed E-state index contributed by atoms with van der Waals surface area (Å²) in [5.41, 5.74) is 0.495. The van der Waals surface area contributed by atoms with Crippen LogP contribution in [0.2, 0.25) is 0 Å². The minimum Gasteiger partial charge on any atom is -0.344 e. The molecular formula is C15H21N3O4S. The van der Waals surface area contributed by atoms with Crippen molar-refractivity contribution in [1.82, 2.24) is 9.62 Å². The Morgan fingerprint density at radius 1 is 1.26 bits per heavy atom. The Labute approximate surface area is 136 Å². The van der Waals surface area contributed by atoms with Gasteiger partial charge in [0.2, 0.25) is 21.8 Å². The SMILES string of the molecule is CCN(CC)S(=O)(=O)c1ccc(NC(=O)[C@H]2CCC(=O)N2)cc1. The summed E-state index contributed by atoms with van der Waals surface area (Å²) in [7, 11) is -3.51.